The molecule has 4 aromatic rings. The van der Waals surface area contributed by atoms with Crippen molar-refractivity contribution in [1.82, 2.24) is 0 Å². The number of fused-ring (bicyclic) bond motifs is 1. The van der Waals surface area contributed by atoms with Crippen LogP contribution in [-0.4, -0.2) is 33.1 Å². The van der Waals surface area contributed by atoms with Crippen LogP contribution in [0.15, 0.2) is 90.5 Å². The largest absolute Gasteiger partial charge is 0.496 e. The van der Waals surface area contributed by atoms with E-state index in [2.05, 4.69) is 0 Å². The average molecular weight is 509 g/mol. The Balaban J connectivity index is 1.68. The number of carbonyl (C=O) groups is 2. The van der Waals surface area contributed by atoms with Gasteiger partial charge >= 0.3 is 5.97 Å². The summed E-state index contributed by atoms with van der Waals surface area (Å²) in [4.78, 5) is 27.7. The van der Waals surface area contributed by atoms with Crippen molar-refractivity contribution in [3.05, 3.63) is 102 Å². The third-order valence-corrected chi connectivity index (χ3v) is 7.06. The molecular weight excluding hydrogens is 480 g/mol. The maximum Gasteiger partial charge on any atom is 0.323 e. The summed E-state index contributed by atoms with van der Waals surface area (Å²) in [6.45, 7) is 1.76. The van der Waals surface area contributed by atoms with E-state index >= 15 is 0 Å². The fourth-order valence-electron chi connectivity index (χ4n) is 5.28. The topological polar surface area (TPSA) is 71.1 Å². The predicted octanol–water partition coefficient (Wildman–Crippen LogP) is 6.23. The Bertz CT molecular complexity index is 1520. The number of esters is 1. The van der Waals surface area contributed by atoms with Crippen molar-refractivity contribution in [2.45, 2.75) is 12.8 Å². The summed E-state index contributed by atoms with van der Waals surface area (Å²) in [5, 5.41) is 1.72. The summed E-state index contributed by atoms with van der Waals surface area (Å²) >= 11 is 0. The highest BCUT2D eigenvalue weighted by molar-refractivity contribution is 6.19. The lowest BCUT2D eigenvalue weighted by atomic mass is 9.80. The normalized spacial score (nSPS) is 17.0. The van der Waals surface area contributed by atoms with Crippen molar-refractivity contribution in [3.8, 4) is 23.0 Å². The van der Waals surface area contributed by atoms with E-state index in [1.807, 2.05) is 66.7 Å². The van der Waals surface area contributed by atoms with Crippen LogP contribution in [0, 0.1) is 5.92 Å². The lowest BCUT2D eigenvalue weighted by Crippen LogP contribution is -2.30. The first-order valence-corrected chi connectivity index (χ1v) is 12.3. The number of hydrogen-bond donors (Lipinski definition) is 0. The molecule has 0 aliphatic heterocycles. The van der Waals surface area contributed by atoms with Gasteiger partial charge in [-0.15, -0.1) is 0 Å². The van der Waals surface area contributed by atoms with E-state index in [4.69, 9.17) is 18.9 Å². The molecule has 0 radical (unpaired) electrons. The smallest absolute Gasteiger partial charge is 0.323 e. The Hall–Kier alpha value is -4.58. The summed E-state index contributed by atoms with van der Waals surface area (Å²) in [6.07, 6.45) is 0. The summed E-state index contributed by atoms with van der Waals surface area (Å²) in [5.41, 5.74) is 2.65. The lowest BCUT2D eigenvalue weighted by molar-refractivity contribution is -0.142. The van der Waals surface area contributed by atoms with Crippen LogP contribution in [0.1, 0.15) is 24.0 Å². The van der Waals surface area contributed by atoms with Gasteiger partial charge in [0.15, 0.2) is 5.78 Å². The van der Waals surface area contributed by atoms with E-state index in [0.717, 1.165) is 21.9 Å². The van der Waals surface area contributed by atoms with Crippen LogP contribution in [0.3, 0.4) is 0 Å². The van der Waals surface area contributed by atoms with Crippen LogP contribution in [-0.2, 0) is 9.59 Å². The maximum absolute atomic E-state index is 13.9. The van der Waals surface area contributed by atoms with Gasteiger partial charge in [-0.3, -0.25) is 9.59 Å². The predicted molar refractivity (Wildman–Crippen MR) is 146 cm³/mol. The van der Waals surface area contributed by atoms with Crippen molar-refractivity contribution in [1.29, 1.82) is 0 Å². The number of methoxy groups -OCH3 is 3. The second kappa shape index (κ2) is 10.4. The Labute approximate surface area is 221 Å². The Morgan fingerprint density at radius 3 is 2.03 bits per heavy atom. The molecule has 0 unspecified atom stereocenters. The Kier molecular flexibility index (Phi) is 6.88. The van der Waals surface area contributed by atoms with Gasteiger partial charge in [0.05, 0.1) is 21.3 Å². The van der Waals surface area contributed by atoms with Crippen molar-refractivity contribution in [2.75, 3.05) is 21.3 Å². The van der Waals surface area contributed by atoms with Crippen LogP contribution in [0.5, 0.6) is 23.0 Å². The molecule has 0 fully saturated rings. The molecule has 0 N–H and O–H groups in total. The molecule has 6 heteroatoms. The number of ether oxygens (including phenoxy) is 4. The fourth-order valence-corrected chi connectivity index (χ4v) is 5.28. The molecule has 2 atom stereocenters. The van der Waals surface area contributed by atoms with Gasteiger partial charge in [-0.25, -0.2) is 0 Å². The van der Waals surface area contributed by atoms with Gasteiger partial charge < -0.3 is 18.9 Å². The molecular formula is C32H28O6. The van der Waals surface area contributed by atoms with Gasteiger partial charge in [0.1, 0.15) is 28.9 Å². The monoisotopic (exact) mass is 508 g/mol. The van der Waals surface area contributed by atoms with Gasteiger partial charge in [0.25, 0.3) is 0 Å². The zero-order valence-corrected chi connectivity index (χ0v) is 21.7. The number of benzene rings is 4. The van der Waals surface area contributed by atoms with E-state index in [-0.39, 0.29) is 5.78 Å². The standard InChI is InChI=1S/C32H28O6/c1-19-27(21-12-6-5-7-13-21)29(28-25(36-3)17-22(35-2)18-26(28)37-4)30(31(19)33)32(34)38-24-16-10-14-20-11-8-9-15-23(20)24/h5-18,29-30H,1-4H3/t29-,30-/m0/s1. The molecule has 0 aromatic heterocycles. The number of hydrogen-bond acceptors (Lipinski definition) is 6. The van der Waals surface area contributed by atoms with E-state index < -0.39 is 17.8 Å². The SMILES string of the molecule is COc1cc(OC)c([C@@H]2C(c3ccccc3)=C(C)C(=O)[C@H]2C(=O)Oc2cccc3ccccc23)c(OC)c1. The van der Waals surface area contributed by atoms with E-state index in [1.165, 1.54) is 14.2 Å². The molecule has 1 aliphatic carbocycles. The third-order valence-electron chi connectivity index (χ3n) is 7.06. The number of Topliss-reactive ketones (excluding diaryl/α,β-unsaturated/α-hetero) is 1. The first kappa shape index (κ1) is 25.1. The molecule has 0 spiro atoms. The minimum atomic E-state index is -1.14. The third kappa shape index (κ3) is 4.28. The van der Waals surface area contributed by atoms with E-state index in [1.54, 1.807) is 32.2 Å². The van der Waals surface area contributed by atoms with E-state index in [9.17, 15) is 9.59 Å². The highest BCUT2D eigenvalue weighted by atomic mass is 16.5. The van der Waals surface area contributed by atoms with Gasteiger partial charge in [-0.05, 0) is 35.1 Å². The molecule has 0 amide bonds. The molecule has 0 bridgehead atoms. The van der Waals surface area contributed by atoms with Gasteiger partial charge in [0.2, 0.25) is 0 Å². The van der Waals surface area contributed by atoms with E-state index in [0.29, 0.717) is 34.1 Å². The number of ketones is 1. The molecule has 6 nitrogen and oxygen atoms in total. The molecule has 4 aromatic carbocycles. The summed E-state index contributed by atoms with van der Waals surface area (Å²) in [7, 11) is 4.63. The first-order chi connectivity index (χ1) is 18.5. The van der Waals surface area contributed by atoms with Crippen LogP contribution >= 0.6 is 0 Å². The van der Waals surface area contributed by atoms with Crippen LogP contribution in [0.2, 0.25) is 0 Å². The Morgan fingerprint density at radius 1 is 0.737 bits per heavy atom. The quantitative estimate of drug-likeness (QED) is 0.168. The molecule has 0 saturated heterocycles. The van der Waals surface area contributed by atoms with Gasteiger partial charge in [-0.2, -0.15) is 0 Å². The van der Waals surface area contributed by atoms with Gasteiger partial charge in [0, 0.05) is 29.0 Å². The highest BCUT2D eigenvalue weighted by Gasteiger charge is 2.49. The second-order valence-electron chi connectivity index (χ2n) is 9.07. The Morgan fingerprint density at radius 2 is 1.37 bits per heavy atom. The van der Waals surface area contributed by atoms with Crippen LogP contribution in [0.4, 0.5) is 0 Å². The van der Waals surface area contributed by atoms with Crippen molar-refractivity contribution in [2.24, 2.45) is 5.92 Å². The number of rotatable bonds is 7. The number of carbonyl (C=O) groups excluding carboxylic acids is 2. The molecule has 1 aliphatic rings. The summed E-state index contributed by atoms with van der Waals surface area (Å²) < 4.78 is 22.9. The second-order valence-corrected chi connectivity index (χ2v) is 9.07. The van der Waals surface area contributed by atoms with Crippen LogP contribution < -0.4 is 18.9 Å². The average Bonchev–Trinajstić information content (AvgIpc) is 3.22. The molecule has 5 rings (SSSR count). The van der Waals surface area contributed by atoms with Gasteiger partial charge in [-0.1, -0.05) is 66.7 Å². The zero-order chi connectivity index (χ0) is 26.8. The first-order valence-electron chi connectivity index (χ1n) is 12.3. The molecule has 0 heterocycles. The minimum absolute atomic E-state index is 0.293. The zero-order valence-electron chi connectivity index (χ0n) is 21.7. The molecule has 0 saturated carbocycles. The van der Waals surface area contributed by atoms with Crippen molar-refractivity contribution < 1.29 is 28.5 Å². The fraction of sp³-hybridized carbons (Fsp3) is 0.188. The molecule has 38 heavy (non-hydrogen) atoms. The highest BCUT2D eigenvalue weighted by Crippen LogP contribution is 2.53. The summed E-state index contributed by atoms with van der Waals surface area (Å²) in [5.74, 6) is -0.943. The van der Waals surface area contributed by atoms with Crippen LogP contribution in [0.25, 0.3) is 16.3 Å². The number of allylic oxidation sites excluding steroid dienone is 2. The van der Waals surface area contributed by atoms with Crippen molar-refractivity contribution >= 4 is 28.1 Å². The maximum atomic E-state index is 13.9. The lowest BCUT2D eigenvalue weighted by Gasteiger charge is -2.26. The van der Waals surface area contributed by atoms with Crippen molar-refractivity contribution in [3.63, 3.8) is 0 Å². The summed E-state index contributed by atoms with van der Waals surface area (Å²) in [6, 6.07) is 26.2. The minimum Gasteiger partial charge on any atom is -0.496 e. The molecule has 192 valence electrons.